The minimum absolute atomic E-state index is 0.0149. The van der Waals surface area contributed by atoms with Gasteiger partial charge in [0.25, 0.3) is 5.69 Å². The van der Waals surface area contributed by atoms with Crippen LogP contribution in [-0.4, -0.2) is 11.1 Å². The third-order valence-electron chi connectivity index (χ3n) is 2.34. The summed E-state index contributed by atoms with van der Waals surface area (Å²) in [5.74, 6) is 0. The van der Waals surface area contributed by atoms with Crippen molar-refractivity contribution in [3.05, 3.63) is 68.2 Å². The van der Waals surface area contributed by atoms with E-state index >= 15 is 0 Å². The van der Waals surface area contributed by atoms with Crippen molar-refractivity contribution in [2.24, 2.45) is 4.99 Å². The van der Waals surface area contributed by atoms with Crippen LogP contribution in [0.2, 0.25) is 10.0 Å². The Bertz CT molecular complexity index is 657. The first kappa shape index (κ1) is 13.5. The van der Waals surface area contributed by atoms with E-state index in [4.69, 9.17) is 23.2 Å². The number of nitro groups is 1. The molecule has 19 heavy (non-hydrogen) atoms. The summed E-state index contributed by atoms with van der Waals surface area (Å²) in [7, 11) is 0. The van der Waals surface area contributed by atoms with Crippen LogP contribution in [0.1, 0.15) is 5.56 Å². The Labute approximate surface area is 119 Å². The van der Waals surface area contributed by atoms with Gasteiger partial charge >= 0.3 is 0 Å². The monoisotopic (exact) mass is 294 g/mol. The maximum absolute atomic E-state index is 10.6. The Morgan fingerprint density at radius 2 is 1.95 bits per heavy atom. The molecule has 96 valence electrons. The van der Waals surface area contributed by atoms with E-state index in [-0.39, 0.29) is 5.69 Å². The molecule has 0 aromatic heterocycles. The van der Waals surface area contributed by atoms with Gasteiger partial charge in [-0.15, -0.1) is 0 Å². The summed E-state index contributed by atoms with van der Waals surface area (Å²) in [6, 6.07) is 11.1. The van der Waals surface area contributed by atoms with E-state index < -0.39 is 4.92 Å². The van der Waals surface area contributed by atoms with Crippen molar-refractivity contribution in [1.82, 2.24) is 0 Å². The minimum Gasteiger partial charge on any atom is -0.258 e. The highest BCUT2D eigenvalue weighted by Crippen LogP contribution is 2.28. The van der Waals surface area contributed by atoms with Crippen LogP contribution in [-0.2, 0) is 0 Å². The molecule has 0 amide bonds. The number of non-ortho nitro benzene ring substituents is 1. The molecule has 0 atom stereocenters. The summed E-state index contributed by atoms with van der Waals surface area (Å²) in [5.41, 5.74) is 1.15. The van der Waals surface area contributed by atoms with Gasteiger partial charge < -0.3 is 0 Å². The largest absolute Gasteiger partial charge is 0.270 e. The first-order valence-electron chi connectivity index (χ1n) is 5.30. The van der Waals surface area contributed by atoms with Crippen LogP contribution in [0.3, 0.4) is 0 Å². The second-order valence-corrected chi connectivity index (χ2v) is 4.55. The molecule has 0 N–H and O–H groups in total. The zero-order valence-electron chi connectivity index (χ0n) is 9.59. The smallest absolute Gasteiger partial charge is 0.258 e. The fourth-order valence-corrected chi connectivity index (χ4v) is 1.78. The molecule has 0 bridgehead atoms. The predicted molar refractivity (Wildman–Crippen MR) is 76.8 cm³/mol. The maximum atomic E-state index is 10.6. The zero-order chi connectivity index (χ0) is 13.8. The average molecular weight is 295 g/mol. The molecule has 0 spiro atoms. The van der Waals surface area contributed by atoms with Crippen molar-refractivity contribution in [2.75, 3.05) is 0 Å². The lowest BCUT2D eigenvalue weighted by molar-refractivity contribution is -0.384. The third-order valence-corrected chi connectivity index (χ3v) is 2.90. The van der Waals surface area contributed by atoms with Gasteiger partial charge in [0.1, 0.15) is 0 Å². The van der Waals surface area contributed by atoms with Gasteiger partial charge in [-0.3, -0.25) is 15.1 Å². The van der Waals surface area contributed by atoms with Gasteiger partial charge in [0.15, 0.2) is 0 Å². The zero-order valence-corrected chi connectivity index (χ0v) is 11.1. The van der Waals surface area contributed by atoms with Gasteiger partial charge in [-0.2, -0.15) is 0 Å². The fraction of sp³-hybridized carbons (Fsp3) is 0. The topological polar surface area (TPSA) is 55.5 Å². The summed E-state index contributed by atoms with van der Waals surface area (Å²) in [5, 5.41) is 11.6. The van der Waals surface area contributed by atoms with Gasteiger partial charge in [0, 0.05) is 23.4 Å². The first-order chi connectivity index (χ1) is 9.06. The number of aliphatic imine (C=N–C) groups is 1. The first-order valence-corrected chi connectivity index (χ1v) is 6.05. The predicted octanol–water partition coefficient (Wildman–Crippen LogP) is 4.65. The van der Waals surface area contributed by atoms with Crippen molar-refractivity contribution in [2.45, 2.75) is 0 Å². The number of hydrogen-bond donors (Lipinski definition) is 0. The van der Waals surface area contributed by atoms with Crippen molar-refractivity contribution in [3.63, 3.8) is 0 Å². The van der Waals surface area contributed by atoms with Crippen LogP contribution in [0.15, 0.2) is 47.5 Å². The highest BCUT2D eigenvalue weighted by molar-refractivity contribution is 6.35. The molecule has 0 fully saturated rings. The van der Waals surface area contributed by atoms with Crippen LogP contribution in [0.25, 0.3) is 0 Å². The Balaban J connectivity index is 2.30. The SMILES string of the molecule is O=[N+]([O-])c1cccc(C=Nc2cc(Cl)ccc2Cl)c1. The molecule has 2 aromatic carbocycles. The molecule has 2 aromatic rings. The van der Waals surface area contributed by atoms with Gasteiger partial charge in [-0.05, 0) is 23.8 Å². The molecule has 0 unspecified atom stereocenters. The van der Waals surface area contributed by atoms with Gasteiger partial charge in [-0.25, -0.2) is 0 Å². The Hall–Kier alpha value is -1.91. The molecule has 4 nitrogen and oxygen atoms in total. The Kier molecular flexibility index (Phi) is 4.14. The Morgan fingerprint density at radius 3 is 2.68 bits per heavy atom. The van der Waals surface area contributed by atoms with Gasteiger partial charge in [-0.1, -0.05) is 35.3 Å². The summed E-state index contributed by atoms with van der Waals surface area (Å²) >= 11 is 11.8. The lowest BCUT2D eigenvalue weighted by atomic mass is 10.2. The molecule has 0 radical (unpaired) electrons. The quantitative estimate of drug-likeness (QED) is 0.470. The fourth-order valence-electron chi connectivity index (χ4n) is 1.45. The Morgan fingerprint density at radius 1 is 1.16 bits per heavy atom. The van der Waals surface area contributed by atoms with E-state index in [0.717, 1.165) is 0 Å². The van der Waals surface area contributed by atoms with E-state index in [1.165, 1.54) is 18.3 Å². The van der Waals surface area contributed by atoms with Crippen molar-refractivity contribution >= 4 is 40.8 Å². The highest BCUT2D eigenvalue weighted by atomic mass is 35.5. The normalized spacial score (nSPS) is 10.8. The van der Waals surface area contributed by atoms with E-state index in [1.807, 2.05) is 0 Å². The molecule has 6 heteroatoms. The molecule has 0 heterocycles. The second-order valence-electron chi connectivity index (χ2n) is 3.71. The summed E-state index contributed by atoms with van der Waals surface area (Å²) in [6.45, 7) is 0. The number of benzene rings is 2. The lowest BCUT2D eigenvalue weighted by Crippen LogP contribution is -1.89. The number of nitrogens with zero attached hydrogens (tertiary/aromatic N) is 2. The average Bonchev–Trinajstić information content (AvgIpc) is 2.40. The molecule has 0 aliphatic carbocycles. The van der Waals surface area contributed by atoms with E-state index in [2.05, 4.69) is 4.99 Å². The van der Waals surface area contributed by atoms with Crippen molar-refractivity contribution in [3.8, 4) is 0 Å². The van der Waals surface area contributed by atoms with Crippen LogP contribution in [0, 0.1) is 10.1 Å². The molecule has 0 aliphatic heterocycles. The van der Waals surface area contributed by atoms with Crippen LogP contribution >= 0.6 is 23.2 Å². The molecular formula is C13H8Cl2N2O2. The molecule has 0 saturated heterocycles. The van der Waals surface area contributed by atoms with Crippen LogP contribution < -0.4 is 0 Å². The maximum Gasteiger partial charge on any atom is 0.270 e. The second kappa shape index (κ2) is 5.82. The number of hydrogen-bond acceptors (Lipinski definition) is 3. The molecular weight excluding hydrogens is 287 g/mol. The molecule has 0 saturated carbocycles. The lowest BCUT2D eigenvalue weighted by Gasteiger charge is -1.98. The minimum atomic E-state index is -0.455. The highest BCUT2D eigenvalue weighted by Gasteiger charge is 2.04. The van der Waals surface area contributed by atoms with E-state index in [9.17, 15) is 10.1 Å². The summed E-state index contributed by atoms with van der Waals surface area (Å²) < 4.78 is 0. The summed E-state index contributed by atoms with van der Waals surface area (Å²) in [4.78, 5) is 14.4. The van der Waals surface area contributed by atoms with Crippen molar-refractivity contribution < 1.29 is 4.92 Å². The van der Waals surface area contributed by atoms with E-state index in [1.54, 1.807) is 30.3 Å². The van der Waals surface area contributed by atoms with Gasteiger partial charge in [0.2, 0.25) is 0 Å². The van der Waals surface area contributed by atoms with Crippen LogP contribution in [0.4, 0.5) is 11.4 Å². The standard InChI is InChI=1S/C13H8Cl2N2O2/c14-10-4-5-12(15)13(7-10)16-8-9-2-1-3-11(6-9)17(18)19/h1-8H. The number of rotatable bonds is 3. The van der Waals surface area contributed by atoms with Gasteiger partial charge in [0.05, 0.1) is 15.6 Å². The van der Waals surface area contributed by atoms with E-state index in [0.29, 0.717) is 21.3 Å². The summed E-state index contributed by atoms with van der Waals surface area (Å²) in [6.07, 6.45) is 1.50. The number of halogens is 2. The molecule has 0 aliphatic rings. The number of nitro benzene ring substituents is 1. The van der Waals surface area contributed by atoms with Crippen molar-refractivity contribution in [1.29, 1.82) is 0 Å². The third kappa shape index (κ3) is 3.53. The molecule has 2 rings (SSSR count). The van der Waals surface area contributed by atoms with Crippen LogP contribution in [0.5, 0.6) is 0 Å².